The third-order valence-corrected chi connectivity index (χ3v) is 6.63. The molecule has 2 aliphatic heterocycles. The highest BCUT2D eigenvalue weighted by molar-refractivity contribution is 6.30. The summed E-state index contributed by atoms with van der Waals surface area (Å²) in [5.74, 6) is 0.318. The van der Waals surface area contributed by atoms with E-state index in [1.165, 1.54) is 11.3 Å². The van der Waals surface area contributed by atoms with E-state index >= 15 is 0 Å². The van der Waals surface area contributed by atoms with Crippen molar-refractivity contribution in [3.8, 4) is 0 Å². The summed E-state index contributed by atoms with van der Waals surface area (Å²) in [6, 6.07) is 17.0. The van der Waals surface area contributed by atoms with Gasteiger partial charge in [0, 0.05) is 36.4 Å². The summed E-state index contributed by atoms with van der Waals surface area (Å²) in [6.07, 6.45) is 4.17. The van der Waals surface area contributed by atoms with E-state index in [0.717, 1.165) is 55.9 Å². The minimum absolute atomic E-state index is 0.292. The summed E-state index contributed by atoms with van der Waals surface area (Å²) in [4.78, 5) is 18.0. The quantitative estimate of drug-likeness (QED) is 0.801. The number of benzene rings is 2. The topological polar surface area (TPSA) is 23.6 Å². The van der Waals surface area contributed by atoms with Gasteiger partial charge >= 0.3 is 0 Å². The summed E-state index contributed by atoms with van der Waals surface area (Å²) in [5.41, 5.74) is 3.65. The molecule has 4 heteroatoms. The van der Waals surface area contributed by atoms with Crippen LogP contribution in [0.15, 0.2) is 48.5 Å². The Hall–Kier alpha value is -2.00. The van der Waals surface area contributed by atoms with Gasteiger partial charge in [-0.3, -0.25) is 4.79 Å². The van der Waals surface area contributed by atoms with Crippen molar-refractivity contribution in [2.45, 2.75) is 37.1 Å². The number of nitrogens with zero attached hydrogens (tertiary/aromatic N) is 2. The molecule has 0 radical (unpaired) electrons. The summed E-state index contributed by atoms with van der Waals surface area (Å²) >= 11 is 6.03. The Labute approximate surface area is 159 Å². The predicted octanol–water partition coefficient (Wildman–Crippen LogP) is 4.04. The lowest BCUT2D eigenvalue weighted by atomic mass is 9.91. The standard InChI is InChI=1S/C22H23ClN2O/c23-18-8-6-17(7-9-18)22(11-12-22)21(26)24-13-14-25-19(15-24)10-5-16-3-1-2-4-20(16)25/h1-4,6-9,19H,5,10-15H2. The SMILES string of the molecule is O=C(N1CCN2c3ccccc3CCC2C1)C1(c2ccc(Cl)cc2)CC1. The second-order valence-corrected chi connectivity index (χ2v) is 8.29. The number of aryl methyl sites for hydroxylation is 1. The molecule has 134 valence electrons. The second kappa shape index (κ2) is 6.02. The molecule has 0 N–H and O–H groups in total. The first-order chi connectivity index (χ1) is 12.7. The Morgan fingerprint density at radius 1 is 1.04 bits per heavy atom. The molecule has 0 bridgehead atoms. The van der Waals surface area contributed by atoms with Gasteiger partial charge < -0.3 is 9.80 Å². The van der Waals surface area contributed by atoms with Gasteiger partial charge in [0.25, 0.3) is 0 Å². The minimum Gasteiger partial charge on any atom is -0.365 e. The van der Waals surface area contributed by atoms with Gasteiger partial charge in [-0.2, -0.15) is 0 Å². The summed E-state index contributed by atoms with van der Waals surface area (Å²) < 4.78 is 0. The van der Waals surface area contributed by atoms with Crippen molar-refractivity contribution >= 4 is 23.2 Å². The third kappa shape index (κ3) is 2.52. The maximum absolute atomic E-state index is 13.4. The van der Waals surface area contributed by atoms with Crippen LogP contribution in [-0.4, -0.2) is 36.5 Å². The molecule has 1 saturated carbocycles. The predicted molar refractivity (Wildman–Crippen MR) is 105 cm³/mol. The number of carbonyl (C=O) groups is 1. The van der Waals surface area contributed by atoms with E-state index < -0.39 is 0 Å². The molecule has 1 unspecified atom stereocenters. The smallest absolute Gasteiger partial charge is 0.233 e. The van der Waals surface area contributed by atoms with Crippen LogP contribution < -0.4 is 4.90 Å². The van der Waals surface area contributed by atoms with Gasteiger partial charge in [0.05, 0.1) is 5.41 Å². The van der Waals surface area contributed by atoms with E-state index in [2.05, 4.69) is 34.1 Å². The van der Waals surface area contributed by atoms with Gasteiger partial charge in [-0.15, -0.1) is 0 Å². The first-order valence-corrected chi connectivity index (χ1v) is 9.95. The number of rotatable bonds is 2. The molecule has 2 aromatic rings. The van der Waals surface area contributed by atoms with Crippen LogP contribution in [-0.2, 0) is 16.6 Å². The van der Waals surface area contributed by atoms with Crippen LogP contribution in [0.5, 0.6) is 0 Å². The van der Waals surface area contributed by atoms with Gasteiger partial charge in [0.2, 0.25) is 5.91 Å². The van der Waals surface area contributed by atoms with Gasteiger partial charge in [-0.05, 0) is 55.0 Å². The highest BCUT2D eigenvalue weighted by Gasteiger charge is 2.53. The first-order valence-electron chi connectivity index (χ1n) is 9.57. The number of anilines is 1. The van der Waals surface area contributed by atoms with E-state index in [0.29, 0.717) is 11.9 Å². The zero-order chi connectivity index (χ0) is 17.7. The molecular formula is C22H23ClN2O. The summed E-state index contributed by atoms with van der Waals surface area (Å²) in [5, 5.41) is 0.728. The molecule has 3 nitrogen and oxygen atoms in total. The molecule has 1 aliphatic carbocycles. The number of amides is 1. The molecule has 3 aliphatic rings. The number of halogens is 1. The third-order valence-electron chi connectivity index (χ3n) is 6.37. The van der Waals surface area contributed by atoms with Crippen molar-refractivity contribution in [2.75, 3.05) is 24.5 Å². The zero-order valence-corrected chi connectivity index (χ0v) is 15.6. The van der Waals surface area contributed by atoms with E-state index in [4.69, 9.17) is 11.6 Å². The Balaban J connectivity index is 1.35. The van der Waals surface area contributed by atoms with Crippen LogP contribution in [0.1, 0.15) is 30.4 Å². The van der Waals surface area contributed by atoms with Crippen LogP contribution in [0.4, 0.5) is 5.69 Å². The fourth-order valence-corrected chi connectivity index (χ4v) is 4.88. The second-order valence-electron chi connectivity index (χ2n) is 7.85. The number of hydrogen-bond donors (Lipinski definition) is 0. The molecule has 0 aromatic heterocycles. The zero-order valence-electron chi connectivity index (χ0n) is 14.8. The highest BCUT2D eigenvalue weighted by Crippen LogP contribution is 2.50. The molecule has 1 saturated heterocycles. The Kier molecular flexibility index (Phi) is 3.75. The summed E-state index contributed by atoms with van der Waals surface area (Å²) in [7, 11) is 0. The van der Waals surface area contributed by atoms with Gasteiger partial charge in [-0.1, -0.05) is 41.9 Å². The van der Waals surface area contributed by atoms with Crippen molar-refractivity contribution in [3.05, 3.63) is 64.7 Å². The lowest BCUT2D eigenvalue weighted by Gasteiger charge is -2.46. The lowest BCUT2D eigenvalue weighted by molar-refractivity contribution is -0.134. The van der Waals surface area contributed by atoms with Crippen LogP contribution in [0.3, 0.4) is 0 Å². The lowest BCUT2D eigenvalue weighted by Crippen LogP contribution is -2.58. The largest absolute Gasteiger partial charge is 0.365 e. The van der Waals surface area contributed by atoms with Crippen molar-refractivity contribution in [2.24, 2.45) is 0 Å². The van der Waals surface area contributed by atoms with Crippen LogP contribution >= 0.6 is 11.6 Å². The minimum atomic E-state index is -0.292. The average molecular weight is 367 g/mol. The Morgan fingerprint density at radius 3 is 2.58 bits per heavy atom. The van der Waals surface area contributed by atoms with Crippen molar-refractivity contribution in [3.63, 3.8) is 0 Å². The van der Waals surface area contributed by atoms with Crippen LogP contribution in [0.25, 0.3) is 0 Å². The van der Waals surface area contributed by atoms with Crippen LogP contribution in [0, 0.1) is 0 Å². The number of hydrogen-bond acceptors (Lipinski definition) is 2. The normalized spacial score (nSPS) is 23.2. The molecule has 1 atom stereocenters. The fourth-order valence-electron chi connectivity index (χ4n) is 4.75. The maximum Gasteiger partial charge on any atom is 0.233 e. The average Bonchev–Trinajstić information content (AvgIpc) is 3.49. The number of para-hydroxylation sites is 1. The van der Waals surface area contributed by atoms with E-state index in [1.807, 2.05) is 24.3 Å². The monoisotopic (exact) mass is 366 g/mol. The van der Waals surface area contributed by atoms with E-state index in [9.17, 15) is 4.79 Å². The van der Waals surface area contributed by atoms with Gasteiger partial charge in [0.15, 0.2) is 0 Å². The fraction of sp³-hybridized carbons (Fsp3) is 0.409. The number of piperazine rings is 1. The molecule has 2 heterocycles. The molecule has 2 fully saturated rings. The van der Waals surface area contributed by atoms with Crippen LogP contribution in [0.2, 0.25) is 5.02 Å². The van der Waals surface area contributed by atoms with Gasteiger partial charge in [0.1, 0.15) is 0 Å². The van der Waals surface area contributed by atoms with E-state index in [-0.39, 0.29) is 5.41 Å². The Bertz CT molecular complexity index is 843. The van der Waals surface area contributed by atoms with Crippen molar-refractivity contribution in [1.82, 2.24) is 4.90 Å². The van der Waals surface area contributed by atoms with Crippen molar-refractivity contribution in [1.29, 1.82) is 0 Å². The molecule has 26 heavy (non-hydrogen) atoms. The maximum atomic E-state index is 13.4. The molecule has 5 rings (SSSR count). The van der Waals surface area contributed by atoms with E-state index in [1.54, 1.807) is 0 Å². The first kappa shape index (κ1) is 16.2. The highest BCUT2D eigenvalue weighted by atomic mass is 35.5. The molecule has 2 aromatic carbocycles. The van der Waals surface area contributed by atoms with Gasteiger partial charge in [-0.25, -0.2) is 0 Å². The van der Waals surface area contributed by atoms with Crippen molar-refractivity contribution < 1.29 is 4.79 Å². The number of carbonyl (C=O) groups excluding carboxylic acids is 1. The summed E-state index contributed by atoms with van der Waals surface area (Å²) in [6.45, 7) is 2.60. The molecular weight excluding hydrogens is 344 g/mol. The molecule has 1 amide bonds. The molecule has 0 spiro atoms. The number of fused-ring (bicyclic) bond motifs is 3. The Morgan fingerprint density at radius 2 is 1.81 bits per heavy atom.